The summed E-state index contributed by atoms with van der Waals surface area (Å²) in [5.41, 5.74) is 2.64. The fourth-order valence-corrected chi connectivity index (χ4v) is 3.48. The summed E-state index contributed by atoms with van der Waals surface area (Å²) in [5.74, 6) is 0.764. The van der Waals surface area contributed by atoms with Crippen molar-refractivity contribution in [2.75, 3.05) is 32.7 Å². The average Bonchev–Trinajstić information content (AvgIpc) is 3.22. The molecule has 0 spiro atoms. The molecule has 0 saturated carbocycles. The van der Waals surface area contributed by atoms with Gasteiger partial charge in [-0.25, -0.2) is 6.08 Å². The fraction of sp³-hybridized carbons (Fsp3) is 0.238. The van der Waals surface area contributed by atoms with Crippen LogP contribution in [0.2, 0.25) is 5.02 Å². The van der Waals surface area contributed by atoms with Gasteiger partial charge >= 0.3 is 19.5 Å². The van der Waals surface area contributed by atoms with E-state index < -0.39 is 0 Å². The van der Waals surface area contributed by atoms with Gasteiger partial charge in [-0.2, -0.15) is 12.2 Å². The van der Waals surface area contributed by atoms with Crippen molar-refractivity contribution in [2.24, 2.45) is 4.99 Å². The van der Waals surface area contributed by atoms with E-state index in [9.17, 15) is 0 Å². The Bertz CT molecular complexity index is 780. The summed E-state index contributed by atoms with van der Waals surface area (Å²) >= 11 is 9.37. The van der Waals surface area contributed by atoms with Crippen LogP contribution >= 0.6 is 35.5 Å². The van der Waals surface area contributed by atoms with Gasteiger partial charge in [-0.3, -0.25) is 11.6 Å². The number of hydrogen-bond donors (Lipinski definition) is 0. The standard InChI is InChI=1S/C16H13ClNO.C5H11N2S2.Ru/c1-3-12-10-16(19-2)9-4-13(12)11-18-15-7-5-14(17)6-8-15;1-8-6-3-4-7(5-6)9-2;/h1,3-11H,2H3;5H,3-4H2,1-2H3;/q2*-1;+2. The van der Waals surface area contributed by atoms with Crippen molar-refractivity contribution in [3.05, 3.63) is 71.9 Å². The van der Waals surface area contributed by atoms with E-state index in [1.54, 1.807) is 49.4 Å². The van der Waals surface area contributed by atoms with Crippen molar-refractivity contribution >= 4 is 53.5 Å². The van der Waals surface area contributed by atoms with Gasteiger partial charge in [-0.1, -0.05) is 29.3 Å². The number of benzene rings is 2. The second kappa shape index (κ2) is 14.2. The minimum atomic E-state index is 0. The maximum atomic E-state index is 5.82. The summed E-state index contributed by atoms with van der Waals surface area (Å²) in [4.78, 5) is 4.38. The van der Waals surface area contributed by atoms with Crippen molar-refractivity contribution in [2.45, 2.75) is 0 Å². The molecule has 2 aromatic carbocycles. The molecule has 1 fully saturated rings. The number of aliphatic imine (C=N–C) groups is 1. The van der Waals surface area contributed by atoms with E-state index in [4.69, 9.17) is 22.9 Å². The quantitative estimate of drug-likeness (QED) is 0.201. The van der Waals surface area contributed by atoms with Crippen LogP contribution in [0.15, 0.2) is 47.5 Å². The maximum Gasteiger partial charge on any atom is 2.00 e. The molecule has 0 aliphatic carbocycles. The molecule has 1 aliphatic rings. The number of rotatable bonds is 6. The Morgan fingerprint density at radius 1 is 1.07 bits per heavy atom. The molecule has 29 heavy (non-hydrogen) atoms. The summed E-state index contributed by atoms with van der Waals surface area (Å²) < 4.78 is 9.62. The molecule has 156 valence electrons. The van der Waals surface area contributed by atoms with Gasteiger partial charge in [0.15, 0.2) is 0 Å². The first-order valence-electron chi connectivity index (χ1n) is 8.58. The Morgan fingerprint density at radius 3 is 2.17 bits per heavy atom. The molecule has 0 aromatic heterocycles. The molecular formula is C21H24ClN3ORuS2. The van der Waals surface area contributed by atoms with Crippen LogP contribution in [0.5, 0.6) is 5.75 Å². The van der Waals surface area contributed by atoms with E-state index in [-0.39, 0.29) is 19.5 Å². The van der Waals surface area contributed by atoms with Crippen LogP contribution in [0, 0.1) is 13.2 Å². The number of methoxy groups -OCH3 is 1. The van der Waals surface area contributed by atoms with Gasteiger partial charge < -0.3 is 13.3 Å². The van der Waals surface area contributed by atoms with Crippen LogP contribution in [-0.2, 0) is 19.5 Å². The van der Waals surface area contributed by atoms with E-state index in [0.29, 0.717) is 5.02 Å². The first-order chi connectivity index (χ1) is 13.6. The molecule has 0 atom stereocenters. The van der Waals surface area contributed by atoms with Crippen LogP contribution in [0.3, 0.4) is 0 Å². The largest absolute Gasteiger partial charge is 2.00 e. The van der Waals surface area contributed by atoms with Gasteiger partial charge in [-0.05, 0) is 55.9 Å². The van der Waals surface area contributed by atoms with Crippen molar-refractivity contribution in [3.63, 3.8) is 0 Å². The average molecular weight is 535 g/mol. The van der Waals surface area contributed by atoms with E-state index in [0.717, 1.165) is 35.7 Å². The van der Waals surface area contributed by atoms with E-state index >= 15 is 0 Å². The summed E-state index contributed by atoms with van der Waals surface area (Å²) in [7, 11) is 1.62. The zero-order valence-corrected chi connectivity index (χ0v) is 20.7. The molecule has 3 rings (SSSR count). The number of halogens is 1. The molecule has 1 aliphatic heterocycles. The number of hydrogen-bond acceptors (Lipinski definition) is 6. The third kappa shape index (κ3) is 8.83. The second-order valence-corrected chi connectivity index (χ2v) is 7.76. The monoisotopic (exact) mass is 535 g/mol. The van der Waals surface area contributed by atoms with Crippen LogP contribution in [-0.4, -0.2) is 47.5 Å². The Hall–Kier alpha value is -0.817. The van der Waals surface area contributed by atoms with Gasteiger partial charge in [0, 0.05) is 11.2 Å². The predicted octanol–water partition coefficient (Wildman–Crippen LogP) is 5.82. The van der Waals surface area contributed by atoms with Crippen LogP contribution in [0.25, 0.3) is 6.08 Å². The van der Waals surface area contributed by atoms with E-state index in [1.165, 1.54) is 6.08 Å². The Kier molecular flexibility index (Phi) is 12.9. The molecular weight excluding hydrogens is 511 g/mol. The summed E-state index contributed by atoms with van der Waals surface area (Å²) in [6.07, 6.45) is 7.49. The summed E-state index contributed by atoms with van der Waals surface area (Å²) in [5, 5.41) is 0.694. The zero-order valence-electron chi connectivity index (χ0n) is 16.6. The van der Waals surface area contributed by atoms with Gasteiger partial charge in [0.2, 0.25) is 0 Å². The fourth-order valence-electron chi connectivity index (χ4n) is 2.35. The molecule has 8 heteroatoms. The molecule has 0 unspecified atom stereocenters. The molecule has 0 bridgehead atoms. The van der Waals surface area contributed by atoms with Crippen molar-refractivity contribution in [1.29, 1.82) is 0 Å². The van der Waals surface area contributed by atoms with Gasteiger partial charge in [-0.15, -0.1) is 23.9 Å². The second-order valence-electron chi connectivity index (χ2n) is 5.66. The van der Waals surface area contributed by atoms with Crippen molar-refractivity contribution in [1.82, 2.24) is 8.61 Å². The SMILES string of the molecule is CSN1[CH-]N(SC)CC1.[CH-]=Cc1cc(OC)ccc1C=Nc1ccc(Cl)cc1.[Ru+2]. The van der Waals surface area contributed by atoms with Crippen LogP contribution < -0.4 is 4.74 Å². The first kappa shape index (κ1) is 26.2. The van der Waals surface area contributed by atoms with E-state index in [1.807, 2.05) is 30.3 Å². The third-order valence-electron chi connectivity index (χ3n) is 3.92. The smallest absolute Gasteiger partial charge is 0.498 e. The van der Waals surface area contributed by atoms with Crippen LogP contribution in [0.4, 0.5) is 5.69 Å². The minimum Gasteiger partial charge on any atom is -0.498 e. The van der Waals surface area contributed by atoms with Crippen molar-refractivity contribution < 1.29 is 24.2 Å². The zero-order chi connectivity index (χ0) is 20.4. The first-order valence-corrected chi connectivity index (χ1v) is 11.3. The Labute approximate surface area is 200 Å². The van der Waals surface area contributed by atoms with Gasteiger partial charge in [0.05, 0.1) is 12.8 Å². The molecule has 0 amide bonds. The number of nitrogens with zero attached hydrogens (tertiary/aromatic N) is 3. The number of ether oxygens (including phenoxy) is 1. The topological polar surface area (TPSA) is 28.1 Å². The summed E-state index contributed by atoms with van der Waals surface area (Å²) in [6, 6.07) is 13.0. The molecule has 4 nitrogen and oxygen atoms in total. The minimum absolute atomic E-state index is 0. The van der Waals surface area contributed by atoms with E-state index in [2.05, 4.69) is 32.8 Å². The molecule has 0 N–H and O–H groups in total. The molecule has 0 radical (unpaired) electrons. The van der Waals surface area contributed by atoms with Crippen molar-refractivity contribution in [3.8, 4) is 5.75 Å². The molecule has 1 heterocycles. The van der Waals surface area contributed by atoms with Crippen LogP contribution in [0.1, 0.15) is 11.1 Å². The van der Waals surface area contributed by atoms with Gasteiger partial charge in [0.1, 0.15) is 5.75 Å². The summed E-state index contributed by atoms with van der Waals surface area (Å²) in [6.45, 7) is 10.1. The third-order valence-corrected chi connectivity index (χ3v) is 5.66. The maximum absolute atomic E-state index is 5.82. The Morgan fingerprint density at radius 2 is 1.69 bits per heavy atom. The molecule has 1 saturated heterocycles. The normalized spacial score (nSPS) is 14.2. The Balaban J connectivity index is 0.000000355. The predicted molar refractivity (Wildman–Crippen MR) is 125 cm³/mol. The van der Waals surface area contributed by atoms with Gasteiger partial charge in [0.25, 0.3) is 0 Å². The molecule has 2 aromatic rings.